The molecule has 0 atom stereocenters. The summed E-state index contributed by atoms with van der Waals surface area (Å²) in [6, 6.07) is 28.3. The zero-order valence-electron chi connectivity index (χ0n) is 16.7. The highest BCUT2D eigenvalue weighted by Gasteiger charge is 2.09. The Morgan fingerprint density at radius 2 is 1.55 bits per heavy atom. The van der Waals surface area contributed by atoms with Gasteiger partial charge in [0, 0.05) is 29.6 Å². The topological polar surface area (TPSA) is 66.0 Å². The Morgan fingerprint density at radius 3 is 2.29 bits per heavy atom. The molecule has 5 rings (SSSR count). The molecule has 5 nitrogen and oxygen atoms in total. The Hall–Kier alpha value is -4.43. The molecule has 0 aliphatic rings. The van der Waals surface area contributed by atoms with Gasteiger partial charge in [0.1, 0.15) is 0 Å². The average Bonchev–Trinajstić information content (AvgIpc) is 3.27. The molecule has 31 heavy (non-hydrogen) atoms. The third-order valence-electron chi connectivity index (χ3n) is 5.23. The van der Waals surface area contributed by atoms with Crippen molar-refractivity contribution in [3.8, 4) is 28.6 Å². The van der Waals surface area contributed by atoms with Crippen LogP contribution < -0.4 is 5.32 Å². The lowest BCUT2D eigenvalue weighted by Crippen LogP contribution is -1.99. The van der Waals surface area contributed by atoms with Crippen LogP contribution in [0, 0.1) is 11.3 Å². The molecule has 0 aliphatic heterocycles. The lowest BCUT2D eigenvalue weighted by Gasteiger charge is -2.08. The van der Waals surface area contributed by atoms with E-state index in [1.165, 1.54) is 5.56 Å². The summed E-state index contributed by atoms with van der Waals surface area (Å²) in [7, 11) is 0. The Balaban J connectivity index is 1.40. The van der Waals surface area contributed by atoms with E-state index in [0.717, 1.165) is 40.4 Å². The fraction of sp³-hybridized carbons (Fsp3) is 0.0385. The molecular weight excluding hydrogens is 382 g/mol. The summed E-state index contributed by atoms with van der Waals surface area (Å²) in [5.41, 5.74) is 7.63. The number of para-hydroxylation sites is 1. The maximum Gasteiger partial charge on any atom is 0.155 e. The predicted molar refractivity (Wildman–Crippen MR) is 122 cm³/mol. The summed E-state index contributed by atoms with van der Waals surface area (Å²) >= 11 is 0. The Morgan fingerprint density at radius 1 is 0.806 bits per heavy atom. The number of anilines is 1. The normalized spacial score (nSPS) is 10.7. The molecule has 5 heteroatoms. The van der Waals surface area contributed by atoms with Gasteiger partial charge in [-0.2, -0.15) is 5.26 Å². The predicted octanol–water partition coefficient (Wildman–Crippen LogP) is 5.55. The molecule has 2 aromatic heterocycles. The van der Waals surface area contributed by atoms with Crippen molar-refractivity contribution in [1.29, 1.82) is 5.26 Å². The van der Waals surface area contributed by atoms with Crippen LogP contribution in [0.1, 0.15) is 11.1 Å². The summed E-state index contributed by atoms with van der Waals surface area (Å²) in [6.45, 7) is 0.765. The van der Waals surface area contributed by atoms with Crippen molar-refractivity contribution in [2.24, 2.45) is 0 Å². The number of imidazole rings is 1. The van der Waals surface area contributed by atoms with E-state index < -0.39 is 0 Å². The van der Waals surface area contributed by atoms with E-state index in [1.807, 2.05) is 59.3 Å². The van der Waals surface area contributed by atoms with Crippen molar-refractivity contribution in [3.63, 3.8) is 0 Å². The van der Waals surface area contributed by atoms with Gasteiger partial charge in [0.2, 0.25) is 0 Å². The molecule has 5 aromatic rings. The standard InChI is InChI=1S/C26H19N5/c27-14-19-6-12-22(13-7-19)25-16-30-26-17-29-24(18-31(25)26)21-10-8-20(9-11-21)15-28-23-4-2-1-3-5-23/h1-13,16-18,28H,15H2. The van der Waals surface area contributed by atoms with Crippen LogP contribution in [-0.2, 0) is 6.54 Å². The molecule has 0 saturated heterocycles. The first-order chi connectivity index (χ1) is 15.3. The van der Waals surface area contributed by atoms with Crippen LogP contribution in [0.3, 0.4) is 0 Å². The minimum atomic E-state index is 0.641. The second-order valence-corrected chi connectivity index (χ2v) is 7.25. The lowest BCUT2D eigenvalue weighted by molar-refractivity contribution is 1.13. The van der Waals surface area contributed by atoms with Crippen LogP contribution in [0.5, 0.6) is 0 Å². The maximum absolute atomic E-state index is 9.02. The van der Waals surface area contributed by atoms with Gasteiger partial charge in [-0.3, -0.25) is 9.38 Å². The average molecular weight is 401 g/mol. The van der Waals surface area contributed by atoms with Crippen LogP contribution in [0.2, 0.25) is 0 Å². The SMILES string of the molecule is N#Cc1ccc(-c2cnc3cnc(-c4ccc(CNc5ccccc5)cc4)cn23)cc1. The highest BCUT2D eigenvalue weighted by atomic mass is 15.0. The van der Waals surface area contributed by atoms with E-state index in [2.05, 4.69) is 57.8 Å². The summed E-state index contributed by atoms with van der Waals surface area (Å²) < 4.78 is 2.04. The number of benzene rings is 3. The number of fused-ring (bicyclic) bond motifs is 1. The van der Waals surface area contributed by atoms with Gasteiger partial charge in [-0.05, 0) is 29.8 Å². The maximum atomic E-state index is 9.02. The number of nitriles is 1. The van der Waals surface area contributed by atoms with Crippen LogP contribution in [0.25, 0.3) is 28.2 Å². The first-order valence-electron chi connectivity index (χ1n) is 10.0. The minimum Gasteiger partial charge on any atom is -0.381 e. The van der Waals surface area contributed by atoms with Crippen molar-refractivity contribution in [3.05, 3.63) is 109 Å². The summed E-state index contributed by atoms with van der Waals surface area (Å²) in [4.78, 5) is 9.06. The third kappa shape index (κ3) is 3.87. The van der Waals surface area contributed by atoms with E-state index in [-0.39, 0.29) is 0 Å². The Kier molecular flexibility index (Phi) is 4.88. The summed E-state index contributed by atoms with van der Waals surface area (Å²) in [5, 5.41) is 12.5. The lowest BCUT2D eigenvalue weighted by atomic mass is 10.1. The van der Waals surface area contributed by atoms with Crippen LogP contribution in [0.4, 0.5) is 5.69 Å². The third-order valence-corrected chi connectivity index (χ3v) is 5.23. The van der Waals surface area contributed by atoms with Gasteiger partial charge in [0.05, 0.1) is 35.4 Å². The van der Waals surface area contributed by atoms with E-state index in [4.69, 9.17) is 5.26 Å². The van der Waals surface area contributed by atoms with Gasteiger partial charge in [0.15, 0.2) is 5.65 Å². The van der Waals surface area contributed by atoms with E-state index in [9.17, 15) is 0 Å². The first kappa shape index (κ1) is 18.6. The number of aromatic nitrogens is 3. The zero-order valence-corrected chi connectivity index (χ0v) is 16.7. The molecule has 1 N–H and O–H groups in total. The highest BCUT2D eigenvalue weighted by Crippen LogP contribution is 2.24. The van der Waals surface area contributed by atoms with Crippen molar-refractivity contribution < 1.29 is 0 Å². The quantitative estimate of drug-likeness (QED) is 0.419. The summed E-state index contributed by atoms with van der Waals surface area (Å²) in [5.74, 6) is 0. The van der Waals surface area contributed by atoms with Gasteiger partial charge in [0.25, 0.3) is 0 Å². The molecule has 0 fully saturated rings. The zero-order chi connectivity index (χ0) is 21.0. The molecule has 0 amide bonds. The van der Waals surface area contributed by atoms with Gasteiger partial charge in [-0.1, -0.05) is 54.6 Å². The van der Waals surface area contributed by atoms with E-state index in [0.29, 0.717) is 5.56 Å². The van der Waals surface area contributed by atoms with Crippen LogP contribution in [-0.4, -0.2) is 14.4 Å². The number of hydrogen-bond acceptors (Lipinski definition) is 4. The molecule has 0 unspecified atom stereocenters. The molecule has 0 saturated carbocycles. The second kappa shape index (κ2) is 8.13. The number of hydrogen-bond donors (Lipinski definition) is 1. The van der Waals surface area contributed by atoms with Crippen molar-refractivity contribution in [2.75, 3.05) is 5.32 Å². The van der Waals surface area contributed by atoms with Gasteiger partial charge in [-0.25, -0.2) is 4.98 Å². The molecule has 2 heterocycles. The largest absolute Gasteiger partial charge is 0.381 e. The fourth-order valence-corrected chi connectivity index (χ4v) is 3.52. The van der Waals surface area contributed by atoms with E-state index >= 15 is 0 Å². The molecule has 3 aromatic carbocycles. The Bertz CT molecular complexity index is 1360. The summed E-state index contributed by atoms with van der Waals surface area (Å²) in [6.07, 6.45) is 5.63. The van der Waals surface area contributed by atoms with Crippen LogP contribution in [0.15, 0.2) is 97.5 Å². The molecule has 0 spiro atoms. The second-order valence-electron chi connectivity index (χ2n) is 7.25. The van der Waals surface area contributed by atoms with Crippen molar-refractivity contribution >= 4 is 11.3 Å². The molecule has 148 valence electrons. The number of nitrogens with zero attached hydrogens (tertiary/aromatic N) is 4. The number of rotatable bonds is 5. The van der Waals surface area contributed by atoms with Crippen molar-refractivity contribution in [2.45, 2.75) is 6.54 Å². The smallest absolute Gasteiger partial charge is 0.155 e. The number of nitrogens with one attached hydrogen (secondary N) is 1. The molecule has 0 aliphatic carbocycles. The fourth-order valence-electron chi connectivity index (χ4n) is 3.52. The first-order valence-corrected chi connectivity index (χ1v) is 10.0. The van der Waals surface area contributed by atoms with Gasteiger partial charge >= 0.3 is 0 Å². The monoisotopic (exact) mass is 401 g/mol. The molecular formula is C26H19N5. The Labute approximate surface area is 180 Å². The minimum absolute atomic E-state index is 0.641. The molecule has 0 radical (unpaired) electrons. The van der Waals surface area contributed by atoms with Gasteiger partial charge in [-0.15, -0.1) is 0 Å². The van der Waals surface area contributed by atoms with Gasteiger partial charge < -0.3 is 5.32 Å². The van der Waals surface area contributed by atoms with Crippen molar-refractivity contribution in [1.82, 2.24) is 14.4 Å². The van der Waals surface area contributed by atoms with Crippen LogP contribution >= 0.6 is 0 Å². The molecule has 0 bridgehead atoms. The van der Waals surface area contributed by atoms with E-state index in [1.54, 1.807) is 6.20 Å². The highest BCUT2D eigenvalue weighted by molar-refractivity contribution is 5.67.